The largest absolute Gasteiger partial charge is 0.209 e. The molecule has 0 aliphatic heterocycles. The van der Waals surface area contributed by atoms with Gasteiger partial charge in [0.2, 0.25) is 0 Å². The Labute approximate surface area is 129 Å². The van der Waals surface area contributed by atoms with Gasteiger partial charge in [-0.1, -0.05) is 49.7 Å². The molecule has 0 aliphatic carbocycles. The molecule has 0 aromatic heterocycles. The summed E-state index contributed by atoms with van der Waals surface area (Å²) in [4.78, 5) is 0. The number of allylic oxidation sites excluding steroid dienone is 1. The summed E-state index contributed by atoms with van der Waals surface area (Å²) in [5, 5.41) is 8.78. The monoisotopic (exact) mass is 297 g/mol. The average Bonchev–Trinajstić information content (AvgIpc) is 2.59. The third kappa shape index (κ3) is 3.79. The molecule has 0 spiro atoms. The van der Waals surface area contributed by atoms with Crippen molar-refractivity contribution in [2.75, 3.05) is 0 Å². The summed E-state index contributed by atoms with van der Waals surface area (Å²) in [6, 6.07) is 15.9. The van der Waals surface area contributed by atoms with Crippen molar-refractivity contribution in [3.05, 3.63) is 65.5 Å². The second kappa shape index (κ2) is 7.51. The summed E-state index contributed by atoms with van der Waals surface area (Å²) >= 11 is 0. The van der Waals surface area contributed by atoms with E-state index in [1.807, 2.05) is 19.1 Å². The van der Waals surface area contributed by atoms with Crippen LogP contribution in [-0.2, 0) is 0 Å². The molecule has 22 heavy (non-hydrogen) atoms. The lowest BCUT2D eigenvalue weighted by Crippen LogP contribution is -1.85. The van der Waals surface area contributed by atoms with Crippen LogP contribution in [0.2, 0.25) is 0 Å². The minimum atomic E-state index is -0.778. The molecule has 0 radical (unpaired) electrons. The summed E-state index contributed by atoms with van der Waals surface area (Å²) in [5.41, 5.74) is 2.68. The van der Waals surface area contributed by atoms with E-state index in [1.54, 1.807) is 36.4 Å². The lowest BCUT2D eigenvalue weighted by atomic mass is 10.0. The van der Waals surface area contributed by atoms with E-state index in [4.69, 9.17) is 5.26 Å². The molecule has 0 amide bonds. The maximum absolute atomic E-state index is 14.0. The van der Waals surface area contributed by atoms with Gasteiger partial charge in [0.1, 0.15) is 5.83 Å². The topological polar surface area (TPSA) is 23.8 Å². The van der Waals surface area contributed by atoms with E-state index in [0.717, 1.165) is 17.5 Å². The Morgan fingerprint density at radius 3 is 2.00 bits per heavy atom. The predicted molar refractivity (Wildman–Crippen MR) is 85.3 cm³/mol. The molecule has 0 fully saturated rings. The van der Waals surface area contributed by atoms with E-state index in [2.05, 4.69) is 6.07 Å². The standard InChI is InChI=1S/C19H17F2N/c1-2-3-4-18(20)19(21)17-11-9-16(10-12-17)15-7-5-14(13-22)6-8-15/h5-12H,2-4H2,1H3/b19-18+. The second-order valence-corrected chi connectivity index (χ2v) is 5.09. The van der Waals surface area contributed by atoms with Gasteiger partial charge >= 0.3 is 0 Å². The first-order chi connectivity index (χ1) is 10.7. The summed E-state index contributed by atoms with van der Waals surface area (Å²) in [6.45, 7) is 1.94. The van der Waals surface area contributed by atoms with Crippen LogP contribution in [0.25, 0.3) is 17.0 Å². The fourth-order valence-electron chi connectivity index (χ4n) is 2.14. The molecule has 0 N–H and O–H groups in total. The molecule has 0 bridgehead atoms. The predicted octanol–water partition coefficient (Wildman–Crippen LogP) is 6.02. The highest BCUT2D eigenvalue weighted by molar-refractivity contribution is 5.68. The number of unbranched alkanes of at least 4 members (excludes halogenated alkanes) is 1. The van der Waals surface area contributed by atoms with Crippen LogP contribution in [0, 0.1) is 11.3 Å². The molecule has 2 rings (SSSR count). The number of nitriles is 1. The van der Waals surface area contributed by atoms with Crippen molar-refractivity contribution in [1.82, 2.24) is 0 Å². The van der Waals surface area contributed by atoms with Crippen LogP contribution < -0.4 is 0 Å². The Bertz CT molecular complexity index is 692. The molecule has 2 aromatic carbocycles. The van der Waals surface area contributed by atoms with Crippen LogP contribution in [-0.4, -0.2) is 0 Å². The van der Waals surface area contributed by atoms with E-state index in [1.165, 1.54) is 0 Å². The first kappa shape index (κ1) is 15.9. The molecular formula is C19H17F2N. The van der Waals surface area contributed by atoms with Crippen molar-refractivity contribution in [1.29, 1.82) is 5.26 Å². The highest BCUT2D eigenvalue weighted by Crippen LogP contribution is 2.27. The van der Waals surface area contributed by atoms with Gasteiger partial charge in [0.25, 0.3) is 0 Å². The summed E-state index contributed by atoms with van der Waals surface area (Å²) in [7, 11) is 0. The van der Waals surface area contributed by atoms with Gasteiger partial charge in [-0.3, -0.25) is 0 Å². The maximum atomic E-state index is 14.0. The Balaban J connectivity index is 2.21. The zero-order valence-electron chi connectivity index (χ0n) is 12.4. The fraction of sp³-hybridized carbons (Fsp3) is 0.211. The first-order valence-corrected chi connectivity index (χ1v) is 7.30. The Morgan fingerprint density at radius 1 is 0.955 bits per heavy atom. The van der Waals surface area contributed by atoms with Crippen LogP contribution in [0.1, 0.15) is 37.3 Å². The van der Waals surface area contributed by atoms with Crippen molar-refractivity contribution < 1.29 is 8.78 Å². The lowest BCUT2D eigenvalue weighted by Gasteiger charge is -2.05. The van der Waals surface area contributed by atoms with Gasteiger partial charge in [-0.25, -0.2) is 8.78 Å². The third-order valence-electron chi connectivity index (χ3n) is 3.47. The molecule has 0 saturated carbocycles. The van der Waals surface area contributed by atoms with E-state index < -0.39 is 11.7 Å². The average molecular weight is 297 g/mol. The molecule has 0 unspecified atom stereocenters. The maximum Gasteiger partial charge on any atom is 0.161 e. The van der Waals surface area contributed by atoms with Crippen molar-refractivity contribution in [3.63, 3.8) is 0 Å². The zero-order chi connectivity index (χ0) is 15.9. The summed E-state index contributed by atoms with van der Waals surface area (Å²) in [5.74, 6) is -1.46. The van der Waals surface area contributed by atoms with E-state index in [9.17, 15) is 8.78 Å². The summed E-state index contributed by atoms with van der Waals surface area (Å²) < 4.78 is 27.6. The van der Waals surface area contributed by atoms with E-state index >= 15 is 0 Å². The number of rotatable bonds is 5. The van der Waals surface area contributed by atoms with E-state index in [-0.39, 0.29) is 12.0 Å². The van der Waals surface area contributed by atoms with Crippen molar-refractivity contribution in [3.8, 4) is 17.2 Å². The van der Waals surface area contributed by atoms with Crippen LogP contribution in [0.3, 0.4) is 0 Å². The van der Waals surface area contributed by atoms with Crippen LogP contribution in [0.5, 0.6) is 0 Å². The normalized spacial score (nSPS) is 11.7. The van der Waals surface area contributed by atoms with Crippen molar-refractivity contribution in [2.45, 2.75) is 26.2 Å². The molecule has 1 nitrogen and oxygen atoms in total. The molecule has 0 atom stereocenters. The van der Waals surface area contributed by atoms with Gasteiger partial charge in [-0.2, -0.15) is 5.26 Å². The molecular weight excluding hydrogens is 280 g/mol. The zero-order valence-corrected chi connectivity index (χ0v) is 12.4. The number of halogens is 2. The van der Waals surface area contributed by atoms with Crippen LogP contribution in [0.15, 0.2) is 54.4 Å². The third-order valence-corrected chi connectivity index (χ3v) is 3.47. The highest BCUT2D eigenvalue weighted by atomic mass is 19.2. The number of nitrogens with zero attached hydrogens (tertiary/aromatic N) is 1. The van der Waals surface area contributed by atoms with Gasteiger partial charge in [-0.15, -0.1) is 0 Å². The number of hydrogen-bond donors (Lipinski definition) is 0. The van der Waals surface area contributed by atoms with Gasteiger partial charge in [0.15, 0.2) is 5.83 Å². The minimum Gasteiger partial charge on any atom is -0.209 e. The Morgan fingerprint density at radius 2 is 1.50 bits per heavy atom. The van der Waals surface area contributed by atoms with Crippen LogP contribution in [0.4, 0.5) is 8.78 Å². The molecule has 2 aromatic rings. The van der Waals surface area contributed by atoms with Crippen LogP contribution >= 0.6 is 0 Å². The minimum absolute atomic E-state index is 0.139. The number of hydrogen-bond acceptors (Lipinski definition) is 1. The van der Waals surface area contributed by atoms with Gasteiger partial charge in [-0.05, 0) is 29.7 Å². The fourth-order valence-corrected chi connectivity index (χ4v) is 2.14. The van der Waals surface area contributed by atoms with Gasteiger partial charge < -0.3 is 0 Å². The molecule has 112 valence electrons. The van der Waals surface area contributed by atoms with Crippen molar-refractivity contribution >= 4 is 5.83 Å². The van der Waals surface area contributed by atoms with Gasteiger partial charge in [0, 0.05) is 12.0 Å². The smallest absolute Gasteiger partial charge is 0.161 e. The Hall–Kier alpha value is -2.47. The summed E-state index contributed by atoms with van der Waals surface area (Å²) in [6.07, 6.45) is 1.61. The Kier molecular flexibility index (Phi) is 5.43. The number of benzene rings is 2. The molecule has 0 heterocycles. The second-order valence-electron chi connectivity index (χ2n) is 5.09. The first-order valence-electron chi connectivity index (χ1n) is 7.30. The lowest BCUT2D eigenvalue weighted by molar-refractivity contribution is 0.548. The molecule has 0 aliphatic rings. The quantitative estimate of drug-likeness (QED) is 0.661. The molecule has 3 heteroatoms. The highest BCUT2D eigenvalue weighted by Gasteiger charge is 2.09. The molecule has 0 saturated heterocycles. The van der Waals surface area contributed by atoms with Crippen molar-refractivity contribution in [2.24, 2.45) is 0 Å². The SMILES string of the molecule is CCCC/C(F)=C(\F)c1ccc(-c2ccc(C#N)cc2)cc1. The van der Waals surface area contributed by atoms with Gasteiger partial charge in [0.05, 0.1) is 11.6 Å². The van der Waals surface area contributed by atoms with E-state index in [0.29, 0.717) is 12.0 Å².